The largest absolute Gasteiger partial charge is 0.343 e. The van der Waals surface area contributed by atoms with Gasteiger partial charge in [0.2, 0.25) is 0 Å². The second-order valence-electron chi connectivity index (χ2n) is 6.52. The zero-order valence-corrected chi connectivity index (χ0v) is 18.2. The zero-order chi connectivity index (χ0) is 22.8. The smallest absolute Gasteiger partial charge is 0.306 e. The van der Waals surface area contributed by atoms with Gasteiger partial charge in [-0.05, 0) is 59.7 Å². The molecule has 0 atom stereocenters. The van der Waals surface area contributed by atoms with E-state index in [1.165, 1.54) is 0 Å². The van der Waals surface area contributed by atoms with Gasteiger partial charge in [0.05, 0.1) is 13.2 Å². The maximum atomic E-state index is 11.9. The summed E-state index contributed by atoms with van der Waals surface area (Å²) < 4.78 is 0. The highest BCUT2D eigenvalue weighted by Gasteiger charge is 2.05. The van der Waals surface area contributed by atoms with Crippen LogP contribution in [-0.2, 0) is 22.9 Å². The Hall–Kier alpha value is -3.30. The molecule has 3 rings (SSSR count). The van der Waals surface area contributed by atoms with Crippen molar-refractivity contribution >= 4 is 46.6 Å². The number of rotatable bonds is 8. The molecule has 3 aromatic carbocycles. The third kappa shape index (κ3) is 8.09. The van der Waals surface area contributed by atoms with Crippen molar-refractivity contribution in [1.82, 2.24) is 11.0 Å². The number of nitrogens with one attached hydrogen (secondary N) is 4. The van der Waals surface area contributed by atoms with Gasteiger partial charge in [0.1, 0.15) is 0 Å². The molecule has 3 aromatic rings. The highest BCUT2D eigenvalue weighted by molar-refractivity contribution is 6.30. The van der Waals surface area contributed by atoms with Crippen LogP contribution in [0.4, 0.5) is 21.0 Å². The highest BCUT2D eigenvalue weighted by atomic mass is 35.5. The van der Waals surface area contributed by atoms with Crippen LogP contribution in [0.3, 0.4) is 0 Å². The Morgan fingerprint density at radius 2 is 0.938 bits per heavy atom. The summed E-state index contributed by atoms with van der Waals surface area (Å²) in [5.41, 5.74) is 7.34. The summed E-state index contributed by atoms with van der Waals surface area (Å²) in [6, 6.07) is 19.6. The third-order valence-corrected chi connectivity index (χ3v) is 4.54. The molecule has 0 aliphatic rings. The molecule has 8 nitrogen and oxygen atoms in total. The predicted octanol–water partition coefficient (Wildman–Crippen LogP) is 5.50. The fourth-order valence-corrected chi connectivity index (χ4v) is 2.73. The van der Waals surface area contributed by atoms with Gasteiger partial charge in [-0.25, -0.2) is 20.5 Å². The van der Waals surface area contributed by atoms with Crippen molar-refractivity contribution in [1.29, 1.82) is 0 Å². The molecule has 4 amide bonds. The van der Waals surface area contributed by atoms with Crippen LogP contribution in [0, 0.1) is 0 Å². The topological polar surface area (TPSA) is 101 Å². The summed E-state index contributed by atoms with van der Waals surface area (Å²) in [6.07, 6.45) is 0. The van der Waals surface area contributed by atoms with Crippen molar-refractivity contribution in [3.8, 4) is 0 Å². The molecular weight excluding hydrogens is 455 g/mol. The molecule has 0 unspecified atom stereocenters. The van der Waals surface area contributed by atoms with Crippen LogP contribution in [0.15, 0.2) is 72.8 Å². The summed E-state index contributed by atoms with van der Waals surface area (Å²) in [6.45, 7) is 0.394. The average Bonchev–Trinajstić information content (AvgIpc) is 2.78. The van der Waals surface area contributed by atoms with E-state index in [1.54, 1.807) is 72.8 Å². The lowest BCUT2D eigenvalue weighted by atomic mass is 10.2. The van der Waals surface area contributed by atoms with Crippen LogP contribution in [0.5, 0.6) is 0 Å². The maximum Gasteiger partial charge on any atom is 0.343 e. The van der Waals surface area contributed by atoms with E-state index in [0.717, 1.165) is 11.1 Å². The van der Waals surface area contributed by atoms with Gasteiger partial charge < -0.3 is 10.6 Å². The molecule has 10 heteroatoms. The number of carbonyl (C=O) groups is 2. The molecule has 0 radical (unpaired) electrons. The summed E-state index contributed by atoms with van der Waals surface area (Å²) >= 11 is 11.6. The molecule has 0 bridgehead atoms. The number of benzene rings is 3. The molecular formula is C22H20Cl2N4O4. The van der Waals surface area contributed by atoms with Crippen molar-refractivity contribution < 1.29 is 19.3 Å². The van der Waals surface area contributed by atoms with E-state index in [1.807, 2.05) is 0 Å². The lowest BCUT2D eigenvalue weighted by molar-refractivity contribution is 0.0535. The summed E-state index contributed by atoms with van der Waals surface area (Å²) in [5.74, 6) is 0. The van der Waals surface area contributed by atoms with Crippen molar-refractivity contribution in [3.63, 3.8) is 0 Å². The Morgan fingerprint density at radius 3 is 1.28 bits per heavy atom. The maximum absolute atomic E-state index is 11.9. The fraction of sp³-hybridized carbons (Fsp3) is 0.0909. The van der Waals surface area contributed by atoms with Crippen molar-refractivity contribution in [2.75, 3.05) is 10.6 Å². The minimum Gasteiger partial charge on any atom is -0.306 e. The van der Waals surface area contributed by atoms with Gasteiger partial charge in [-0.1, -0.05) is 47.5 Å². The predicted molar refractivity (Wildman–Crippen MR) is 123 cm³/mol. The van der Waals surface area contributed by atoms with E-state index in [-0.39, 0.29) is 13.2 Å². The van der Waals surface area contributed by atoms with E-state index >= 15 is 0 Å². The Kier molecular flexibility index (Phi) is 8.70. The van der Waals surface area contributed by atoms with Crippen molar-refractivity contribution in [2.45, 2.75) is 13.2 Å². The molecule has 0 aromatic heterocycles. The first-order valence-electron chi connectivity index (χ1n) is 9.44. The van der Waals surface area contributed by atoms with Gasteiger partial charge in [0.15, 0.2) is 0 Å². The van der Waals surface area contributed by atoms with E-state index in [4.69, 9.17) is 32.9 Å². The second kappa shape index (κ2) is 11.9. The van der Waals surface area contributed by atoms with Crippen LogP contribution in [0.1, 0.15) is 11.1 Å². The van der Waals surface area contributed by atoms with Gasteiger partial charge in [-0.2, -0.15) is 0 Å². The minimum atomic E-state index is -0.534. The average molecular weight is 475 g/mol. The van der Waals surface area contributed by atoms with E-state index in [9.17, 15) is 9.59 Å². The first-order valence-corrected chi connectivity index (χ1v) is 10.2. The zero-order valence-electron chi connectivity index (χ0n) is 16.7. The minimum absolute atomic E-state index is 0.197. The number of carbonyl (C=O) groups excluding carboxylic acids is 2. The van der Waals surface area contributed by atoms with Crippen LogP contribution in [0.2, 0.25) is 10.0 Å². The van der Waals surface area contributed by atoms with Gasteiger partial charge >= 0.3 is 12.1 Å². The Labute approximate surface area is 194 Å². The van der Waals surface area contributed by atoms with Gasteiger partial charge in [-0.15, -0.1) is 0 Å². The molecule has 0 saturated carbocycles. The summed E-state index contributed by atoms with van der Waals surface area (Å²) in [7, 11) is 0. The first kappa shape index (κ1) is 23.4. The molecule has 0 heterocycles. The van der Waals surface area contributed by atoms with Crippen LogP contribution in [-0.4, -0.2) is 12.1 Å². The molecule has 0 aliphatic heterocycles. The fourth-order valence-electron chi connectivity index (χ4n) is 2.48. The molecule has 0 aliphatic carbocycles. The first-order chi connectivity index (χ1) is 15.5. The van der Waals surface area contributed by atoms with Crippen molar-refractivity contribution in [2.24, 2.45) is 0 Å². The number of hydrogen-bond donors (Lipinski definition) is 4. The molecule has 32 heavy (non-hydrogen) atoms. The third-order valence-electron chi connectivity index (χ3n) is 4.03. The Morgan fingerprint density at radius 1 is 0.594 bits per heavy atom. The number of urea groups is 2. The van der Waals surface area contributed by atoms with Crippen LogP contribution in [0.25, 0.3) is 0 Å². The Balaban J connectivity index is 1.35. The van der Waals surface area contributed by atoms with E-state index < -0.39 is 12.1 Å². The lowest BCUT2D eigenvalue weighted by Crippen LogP contribution is -2.29. The number of amides is 4. The number of hydroxylamine groups is 2. The molecule has 166 valence electrons. The normalized spacial score (nSPS) is 10.3. The SMILES string of the molecule is O=C(NOCc1ccc(Cl)cc1)Nc1ccc(NC(=O)NOCc2ccc(Cl)cc2)cc1. The van der Waals surface area contributed by atoms with E-state index in [2.05, 4.69) is 21.6 Å². The monoisotopic (exact) mass is 474 g/mol. The van der Waals surface area contributed by atoms with Gasteiger partial charge in [0, 0.05) is 21.4 Å². The summed E-state index contributed by atoms with van der Waals surface area (Å²) in [5, 5.41) is 6.48. The molecule has 0 fully saturated rings. The molecule has 0 saturated heterocycles. The van der Waals surface area contributed by atoms with Gasteiger partial charge in [-0.3, -0.25) is 9.68 Å². The van der Waals surface area contributed by atoms with Crippen molar-refractivity contribution in [3.05, 3.63) is 94.0 Å². The highest BCUT2D eigenvalue weighted by Crippen LogP contribution is 2.14. The number of anilines is 2. The molecule has 0 spiro atoms. The van der Waals surface area contributed by atoms with Crippen LogP contribution < -0.4 is 21.6 Å². The Bertz CT molecular complexity index is 945. The quantitative estimate of drug-likeness (QED) is 0.323. The van der Waals surface area contributed by atoms with Gasteiger partial charge in [0.25, 0.3) is 0 Å². The standard InChI is InChI=1S/C22H20Cl2N4O4/c23-17-5-1-15(2-6-17)13-31-27-21(29)25-19-9-11-20(12-10-19)26-22(30)28-32-14-16-3-7-18(24)8-4-16/h1-12H,13-14H2,(H2,25,27,29)(H2,26,28,30). The number of hydrogen-bond acceptors (Lipinski definition) is 4. The second-order valence-corrected chi connectivity index (χ2v) is 7.39. The molecule has 4 N–H and O–H groups in total. The number of halogens is 2. The van der Waals surface area contributed by atoms with Crippen LogP contribution >= 0.6 is 23.2 Å². The summed E-state index contributed by atoms with van der Waals surface area (Å²) in [4.78, 5) is 34.1. The lowest BCUT2D eigenvalue weighted by Gasteiger charge is -2.10. The van der Waals surface area contributed by atoms with E-state index in [0.29, 0.717) is 21.4 Å².